The highest BCUT2D eigenvalue weighted by Crippen LogP contribution is 2.67. The number of hydroxylamine groups is 3. The molecule has 2 aliphatic heterocycles. The normalized spacial score (nSPS) is 38.0. The number of phenols is 1. The summed E-state index contributed by atoms with van der Waals surface area (Å²) in [7, 11) is 1.77. The molecular weight excluding hydrogens is 460 g/mol. The lowest BCUT2D eigenvalue weighted by atomic mass is 9.48. The van der Waals surface area contributed by atoms with Gasteiger partial charge >= 0.3 is 0 Å². The number of benzene rings is 1. The zero-order valence-electron chi connectivity index (χ0n) is 20.4. The minimum atomic E-state index is -1.24. The lowest BCUT2D eigenvalue weighted by Gasteiger charge is -2.68. The van der Waals surface area contributed by atoms with E-state index >= 15 is 0 Å². The van der Waals surface area contributed by atoms with Gasteiger partial charge in [-0.05, 0) is 49.5 Å². The predicted molar refractivity (Wildman–Crippen MR) is 131 cm³/mol. The van der Waals surface area contributed by atoms with Crippen LogP contribution in [0.2, 0.25) is 0 Å². The molecule has 1 spiro atoms. The van der Waals surface area contributed by atoms with E-state index in [0.717, 1.165) is 29.5 Å². The van der Waals surface area contributed by atoms with Crippen molar-refractivity contribution in [3.05, 3.63) is 58.7 Å². The second kappa shape index (κ2) is 7.37. The number of hydrogen-bond acceptors (Lipinski definition) is 6. The Labute approximate surface area is 209 Å². The summed E-state index contributed by atoms with van der Waals surface area (Å²) < 4.78 is 11.3. The van der Waals surface area contributed by atoms with Crippen molar-refractivity contribution < 1.29 is 28.8 Å². The van der Waals surface area contributed by atoms with Gasteiger partial charge in [0.15, 0.2) is 11.5 Å². The molecule has 3 heterocycles. The predicted octanol–water partition coefficient (Wildman–Crippen LogP) is 3.10. The summed E-state index contributed by atoms with van der Waals surface area (Å²) in [6.45, 7) is 0.984. The molecular formula is C28H32N2O6. The lowest BCUT2D eigenvalue weighted by Crippen LogP contribution is -2.81. The topological polar surface area (TPSA) is 106 Å². The second-order valence-corrected chi connectivity index (χ2v) is 11.6. The summed E-state index contributed by atoms with van der Waals surface area (Å²) in [5.74, 6) is 0.758. The molecule has 1 amide bonds. The van der Waals surface area contributed by atoms with E-state index < -0.39 is 23.2 Å². The van der Waals surface area contributed by atoms with Crippen LogP contribution in [0.15, 0.2) is 41.2 Å². The molecule has 3 aliphatic carbocycles. The van der Waals surface area contributed by atoms with Gasteiger partial charge in [0.1, 0.15) is 17.7 Å². The fraction of sp³-hybridized carbons (Fsp3) is 0.536. The Balaban J connectivity index is 1.30. The highest BCUT2D eigenvalue weighted by molar-refractivity contribution is 5.91. The van der Waals surface area contributed by atoms with Crippen LogP contribution in [0.4, 0.5) is 0 Å². The number of carbonyl (C=O) groups is 1. The first kappa shape index (κ1) is 22.4. The SMILES string of the molecule is CN(C(=O)C=Cc1ccoc1)[C@H]1CC[C@]2(O)C3Cc4ccc(O)c5c4[C@]2(CC[N+]3([O-])CC2CC2)[C@@H]1O5. The number of aromatic hydroxyl groups is 1. The summed E-state index contributed by atoms with van der Waals surface area (Å²) in [5.41, 5.74) is 0.591. The monoisotopic (exact) mass is 492 g/mol. The van der Waals surface area contributed by atoms with Gasteiger partial charge in [0.2, 0.25) is 5.91 Å². The fourth-order valence-corrected chi connectivity index (χ4v) is 7.95. The Morgan fingerprint density at radius 1 is 1.28 bits per heavy atom. The molecule has 1 saturated heterocycles. The first-order chi connectivity index (χ1) is 17.3. The number of aliphatic hydroxyl groups is 1. The number of amides is 1. The molecule has 0 radical (unpaired) electrons. The third-order valence-corrected chi connectivity index (χ3v) is 9.83. The molecule has 2 N–H and O–H groups in total. The standard InChI is InChI=1S/C28H32N2O6/c1-29(23(32)7-4-18-9-13-35-16-18)20-8-10-28(33)22-14-19-5-6-21(31)25-24(19)27(28,26(20)36-25)11-12-30(22,34)15-17-2-3-17/h4-7,9,13,16-17,20,22,26,31,33H,2-3,8,10-12,14-15H2,1H3/t20-,22?,26+,27+,28-,30?/m0/s1. The van der Waals surface area contributed by atoms with Crippen LogP contribution in [0.1, 0.15) is 48.8 Å². The molecule has 2 aromatic rings. The molecule has 7 rings (SSSR count). The van der Waals surface area contributed by atoms with E-state index in [0.29, 0.717) is 50.4 Å². The third-order valence-electron chi connectivity index (χ3n) is 9.83. The van der Waals surface area contributed by atoms with Gasteiger partial charge in [0, 0.05) is 43.0 Å². The first-order valence-electron chi connectivity index (χ1n) is 13.1. The molecule has 36 heavy (non-hydrogen) atoms. The number of rotatable bonds is 5. The van der Waals surface area contributed by atoms with E-state index in [-0.39, 0.29) is 22.3 Å². The van der Waals surface area contributed by atoms with Crippen molar-refractivity contribution in [3.63, 3.8) is 0 Å². The minimum Gasteiger partial charge on any atom is -0.632 e. The Hall–Kier alpha value is -2.81. The molecule has 5 aliphatic rings. The number of hydrogen-bond donors (Lipinski definition) is 2. The number of likely N-dealkylation sites (N-methyl/N-ethyl adjacent to an activating group) is 1. The number of quaternary nitrogens is 1. The Bertz CT molecular complexity index is 1250. The van der Waals surface area contributed by atoms with Gasteiger partial charge in [-0.15, -0.1) is 0 Å². The Kier molecular flexibility index (Phi) is 4.58. The molecule has 3 fully saturated rings. The number of ether oxygens (including phenoxy) is 1. The van der Waals surface area contributed by atoms with Crippen LogP contribution in [0.5, 0.6) is 11.5 Å². The van der Waals surface area contributed by atoms with Crippen LogP contribution >= 0.6 is 0 Å². The molecule has 190 valence electrons. The summed E-state index contributed by atoms with van der Waals surface area (Å²) in [5, 5.41) is 37.6. The van der Waals surface area contributed by atoms with Crippen molar-refractivity contribution in [3.8, 4) is 11.5 Å². The molecule has 2 unspecified atom stereocenters. The zero-order chi connectivity index (χ0) is 24.9. The van der Waals surface area contributed by atoms with Gasteiger partial charge < -0.3 is 34.1 Å². The number of likely N-dealkylation sites (tertiary alicyclic amines) is 1. The van der Waals surface area contributed by atoms with Gasteiger partial charge in [-0.3, -0.25) is 4.79 Å². The van der Waals surface area contributed by atoms with Crippen LogP contribution in [0, 0.1) is 11.1 Å². The van der Waals surface area contributed by atoms with Gasteiger partial charge in [-0.2, -0.15) is 0 Å². The van der Waals surface area contributed by atoms with E-state index in [4.69, 9.17) is 9.15 Å². The summed E-state index contributed by atoms with van der Waals surface area (Å²) >= 11 is 0. The van der Waals surface area contributed by atoms with E-state index in [9.17, 15) is 20.2 Å². The van der Waals surface area contributed by atoms with E-state index in [2.05, 4.69) is 0 Å². The highest BCUT2D eigenvalue weighted by Gasteiger charge is 2.76. The molecule has 8 heteroatoms. The minimum absolute atomic E-state index is 0.0531. The summed E-state index contributed by atoms with van der Waals surface area (Å²) in [6, 6.07) is 4.54. The molecule has 6 atom stereocenters. The number of phenolic OH excluding ortho intramolecular Hbond substituents is 1. The van der Waals surface area contributed by atoms with Crippen LogP contribution in [-0.4, -0.2) is 69.6 Å². The second-order valence-electron chi connectivity index (χ2n) is 11.6. The van der Waals surface area contributed by atoms with Crippen molar-refractivity contribution in [1.29, 1.82) is 0 Å². The Morgan fingerprint density at radius 2 is 2.11 bits per heavy atom. The van der Waals surface area contributed by atoms with Gasteiger partial charge in [0.25, 0.3) is 0 Å². The number of furan rings is 1. The van der Waals surface area contributed by atoms with Crippen molar-refractivity contribution in [1.82, 2.24) is 4.90 Å². The van der Waals surface area contributed by atoms with Crippen molar-refractivity contribution >= 4 is 12.0 Å². The average molecular weight is 493 g/mol. The van der Waals surface area contributed by atoms with Crippen LogP contribution in [0.3, 0.4) is 0 Å². The molecule has 2 bridgehead atoms. The van der Waals surface area contributed by atoms with Crippen LogP contribution in [0.25, 0.3) is 6.08 Å². The maximum Gasteiger partial charge on any atom is 0.246 e. The third kappa shape index (κ3) is 2.83. The number of nitrogens with zero attached hydrogens (tertiary/aromatic N) is 2. The van der Waals surface area contributed by atoms with Crippen LogP contribution in [-0.2, 0) is 16.6 Å². The average Bonchev–Trinajstić information content (AvgIpc) is 3.36. The zero-order valence-corrected chi connectivity index (χ0v) is 20.4. The molecule has 2 saturated carbocycles. The largest absolute Gasteiger partial charge is 0.632 e. The van der Waals surface area contributed by atoms with Crippen LogP contribution < -0.4 is 4.74 Å². The van der Waals surface area contributed by atoms with Gasteiger partial charge in [-0.1, -0.05) is 6.07 Å². The molecule has 8 nitrogen and oxygen atoms in total. The fourth-order valence-electron chi connectivity index (χ4n) is 7.95. The van der Waals surface area contributed by atoms with E-state index in [1.807, 2.05) is 6.07 Å². The lowest BCUT2D eigenvalue weighted by molar-refractivity contribution is -0.924. The molecule has 1 aromatic heterocycles. The molecule has 1 aromatic carbocycles. The summed E-state index contributed by atoms with van der Waals surface area (Å²) in [6.07, 6.45) is 9.94. The quantitative estimate of drug-likeness (QED) is 0.378. The maximum atomic E-state index is 14.3. The maximum absolute atomic E-state index is 14.3. The van der Waals surface area contributed by atoms with Gasteiger partial charge in [-0.25, -0.2) is 0 Å². The van der Waals surface area contributed by atoms with Gasteiger partial charge in [0.05, 0.1) is 37.1 Å². The smallest absolute Gasteiger partial charge is 0.246 e. The van der Waals surface area contributed by atoms with Crippen molar-refractivity contribution in [2.45, 2.75) is 67.7 Å². The van der Waals surface area contributed by atoms with Crippen molar-refractivity contribution in [2.24, 2.45) is 5.92 Å². The first-order valence-corrected chi connectivity index (χ1v) is 13.1. The number of carbonyl (C=O) groups excluding carboxylic acids is 1. The van der Waals surface area contributed by atoms with E-state index in [1.165, 1.54) is 6.08 Å². The Morgan fingerprint density at radius 3 is 2.86 bits per heavy atom. The highest BCUT2D eigenvalue weighted by atomic mass is 16.6. The number of piperidine rings is 1. The summed E-state index contributed by atoms with van der Waals surface area (Å²) in [4.78, 5) is 14.9. The van der Waals surface area contributed by atoms with Crippen molar-refractivity contribution in [2.75, 3.05) is 20.1 Å². The van der Waals surface area contributed by atoms with E-state index in [1.54, 1.807) is 42.7 Å².